The van der Waals surface area contributed by atoms with Gasteiger partial charge in [-0.05, 0) is 91.9 Å². The number of fused-ring (bicyclic) bond motifs is 6. The highest BCUT2D eigenvalue weighted by molar-refractivity contribution is 6.18. The van der Waals surface area contributed by atoms with Crippen LogP contribution < -0.4 is 0 Å². The van der Waals surface area contributed by atoms with Crippen LogP contribution in [0.4, 0.5) is 0 Å². The average Bonchev–Trinajstić information content (AvgIpc) is 3.13. The maximum Gasteiger partial charge on any atom is 0.155 e. The monoisotopic (exact) mass is 485 g/mol. The third kappa shape index (κ3) is 2.56. The summed E-state index contributed by atoms with van der Waals surface area (Å²) in [7, 11) is 0. The molecule has 4 saturated carbocycles. The van der Waals surface area contributed by atoms with E-state index in [0.29, 0.717) is 40.6 Å². The lowest BCUT2D eigenvalue weighted by atomic mass is 9.56. The number of carbonyl (C=O) groups is 1. The van der Waals surface area contributed by atoms with Gasteiger partial charge in [0.15, 0.2) is 5.78 Å². The third-order valence-electron chi connectivity index (χ3n) is 13.2. The highest BCUT2D eigenvalue weighted by atomic mass is 35.5. The molecule has 6 fully saturated rings. The molecule has 34 heavy (non-hydrogen) atoms. The van der Waals surface area contributed by atoms with E-state index >= 15 is 0 Å². The summed E-state index contributed by atoms with van der Waals surface area (Å²) in [4.78, 5) is 14.9. The molecule has 2 aliphatic heterocycles. The molecule has 7 rings (SSSR count). The fraction of sp³-hybridized carbons (Fsp3) is 0.900. The Kier molecular flexibility index (Phi) is 4.78. The van der Waals surface area contributed by atoms with Gasteiger partial charge in [0.25, 0.3) is 0 Å². The van der Waals surface area contributed by atoms with Gasteiger partial charge in [-0.1, -0.05) is 33.3 Å². The number of carbonyl (C=O) groups excluding carboxylic acids is 1. The number of piperidine rings is 1. The van der Waals surface area contributed by atoms with Crippen molar-refractivity contribution >= 4 is 17.4 Å². The number of hydrogen-bond acceptors (Lipinski definition) is 3. The number of nitrogens with zero attached hydrogens (tertiary/aromatic N) is 1. The van der Waals surface area contributed by atoms with E-state index < -0.39 is 0 Å². The van der Waals surface area contributed by atoms with Gasteiger partial charge in [-0.2, -0.15) is 0 Å². The Hall–Kier alpha value is -0.380. The third-order valence-corrected chi connectivity index (χ3v) is 13.4. The van der Waals surface area contributed by atoms with Gasteiger partial charge < -0.3 is 4.74 Å². The quantitative estimate of drug-likeness (QED) is 0.433. The average molecular weight is 486 g/mol. The normalized spacial score (nSPS) is 58.0. The molecule has 3 nitrogen and oxygen atoms in total. The Labute approximate surface area is 211 Å². The molecule has 2 saturated heterocycles. The number of ketones is 1. The highest BCUT2D eigenvalue weighted by Crippen LogP contribution is 2.87. The molecule has 188 valence electrons. The molecule has 2 heterocycles. The summed E-state index contributed by atoms with van der Waals surface area (Å²) in [6.07, 6.45) is 13.4. The first-order valence-corrected chi connectivity index (χ1v) is 14.9. The lowest BCUT2D eigenvalue weighted by molar-refractivity contribution is -0.148. The van der Waals surface area contributed by atoms with Gasteiger partial charge in [-0.25, -0.2) is 0 Å². The van der Waals surface area contributed by atoms with Crippen molar-refractivity contribution in [2.24, 2.45) is 45.8 Å². The molecule has 0 bridgehead atoms. The van der Waals surface area contributed by atoms with Crippen LogP contribution >= 0.6 is 11.6 Å². The molecule has 0 N–H and O–H groups in total. The van der Waals surface area contributed by atoms with E-state index in [1.54, 1.807) is 0 Å². The zero-order valence-electron chi connectivity index (χ0n) is 21.7. The Balaban J connectivity index is 1.23. The number of ether oxygens (including phenoxy) is 1. The van der Waals surface area contributed by atoms with Crippen LogP contribution in [0.15, 0.2) is 11.6 Å². The molecule has 0 radical (unpaired) electrons. The molecule has 0 aromatic carbocycles. The van der Waals surface area contributed by atoms with E-state index in [9.17, 15) is 4.79 Å². The van der Waals surface area contributed by atoms with Crippen molar-refractivity contribution in [1.29, 1.82) is 0 Å². The summed E-state index contributed by atoms with van der Waals surface area (Å²) in [5.41, 5.74) is 2.60. The van der Waals surface area contributed by atoms with Crippen molar-refractivity contribution < 1.29 is 9.53 Å². The van der Waals surface area contributed by atoms with Crippen molar-refractivity contribution in [3.8, 4) is 0 Å². The molecule has 2 unspecified atom stereocenters. The van der Waals surface area contributed by atoms with Crippen LogP contribution in [0.25, 0.3) is 0 Å². The summed E-state index contributed by atoms with van der Waals surface area (Å²) < 4.78 is 7.37. The summed E-state index contributed by atoms with van der Waals surface area (Å²) >= 11 is 6.27. The minimum atomic E-state index is 0.0447. The number of hydrogen-bond donors (Lipinski definition) is 0. The van der Waals surface area contributed by atoms with Crippen molar-refractivity contribution in [1.82, 2.24) is 4.90 Å². The minimum absolute atomic E-state index is 0.0447. The number of rotatable bonds is 2. The van der Waals surface area contributed by atoms with Gasteiger partial charge in [0.05, 0.1) is 11.7 Å². The summed E-state index contributed by atoms with van der Waals surface area (Å²) in [6, 6.07) is 0.543. The van der Waals surface area contributed by atoms with Crippen molar-refractivity contribution in [3.63, 3.8) is 0 Å². The predicted octanol–water partition coefficient (Wildman–Crippen LogP) is 6.24. The highest BCUT2D eigenvalue weighted by Gasteiger charge is 2.84. The van der Waals surface area contributed by atoms with E-state index in [2.05, 4.69) is 38.7 Å². The van der Waals surface area contributed by atoms with Crippen LogP contribution in [0, 0.1) is 45.8 Å². The van der Waals surface area contributed by atoms with Crippen molar-refractivity contribution in [2.75, 3.05) is 19.0 Å². The maximum atomic E-state index is 12.2. The first-order chi connectivity index (χ1) is 16.2. The van der Waals surface area contributed by atoms with E-state index in [-0.39, 0.29) is 11.0 Å². The standard InChI is InChI=1S/C30H44ClNO2/c1-18-13-25-26(32(16-18)12-11-31)19(2)30(34-25)10-8-23-22-6-5-20-14-21(33)7-9-27(20,3)24(22)15-29(23)17-28(29,30)4/h14,18-19,22-26H,5-13,15-17H2,1-4H3/t18-,19+,22-,23-,24-,25+,26-,27-,28?,29?,30+/m0/s1. The Morgan fingerprint density at radius 2 is 1.97 bits per heavy atom. The smallest absolute Gasteiger partial charge is 0.155 e. The zero-order valence-corrected chi connectivity index (χ0v) is 22.5. The second-order valence-corrected chi connectivity index (χ2v) is 14.6. The van der Waals surface area contributed by atoms with Crippen LogP contribution in [-0.4, -0.2) is 47.4 Å². The second kappa shape index (κ2) is 7.13. The molecule has 5 aliphatic carbocycles. The Bertz CT molecular complexity index is 948. The van der Waals surface area contributed by atoms with Gasteiger partial charge in [0, 0.05) is 42.8 Å². The van der Waals surface area contributed by atoms with Crippen LogP contribution in [0.3, 0.4) is 0 Å². The number of allylic oxidation sites excluding steroid dienone is 2. The van der Waals surface area contributed by atoms with E-state index in [1.165, 1.54) is 57.1 Å². The Morgan fingerprint density at radius 1 is 1.15 bits per heavy atom. The first-order valence-electron chi connectivity index (χ1n) is 14.4. The lowest BCUT2D eigenvalue weighted by Gasteiger charge is -2.50. The van der Waals surface area contributed by atoms with Gasteiger partial charge in [-0.3, -0.25) is 9.69 Å². The van der Waals surface area contributed by atoms with Gasteiger partial charge in [0.2, 0.25) is 0 Å². The summed E-state index contributed by atoms with van der Waals surface area (Å²) in [6.45, 7) is 12.3. The predicted molar refractivity (Wildman–Crippen MR) is 136 cm³/mol. The molecule has 0 amide bonds. The van der Waals surface area contributed by atoms with Crippen molar-refractivity contribution in [3.05, 3.63) is 11.6 Å². The molecule has 4 heteroatoms. The maximum absolute atomic E-state index is 12.2. The Morgan fingerprint density at radius 3 is 2.76 bits per heavy atom. The van der Waals surface area contributed by atoms with Crippen LogP contribution in [0.5, 0.6) is 0 Å². The van der Waals surface area contributed by atoms with Gasteiger partial charge >= 0.3 is 0 Å². The molecule has 0 aromatic heterocycles. The summed E-state index contributed by atoms with van der Waals surface area (Å²) in [5, 5.41) is 0. The fourth-order valence-corrected chi connectivity index (χ4v) is 12.0. The molecule has 7 aliphatic rings. The second-order valence-electron chi connectivity index (χ2n) is 14.2. The number of alkyl halides is 1. The van der Waals surface area contributed by atoms with Crippen LogP contribution in [0.2, 0.25) is 0 Å². The largest absolute Gasteiger partial charge is 0.369 e. The van der Waals surface area contributed by atoms with E-state index in [0.717, 1.165) is 43.0 Å². The first kappa shape index (κ1) is 22.8. The summed E-state index contributed by atoms with van der Waals surface area (Å²) in [5.74, 6) is 4.88. The molecule has 0 aromatic rings. The van der Waals surface area contributed by atoms with Gasteiger partial charge in [0.1, 0.15) is 0 Å². The molecule has 2 spiro atoms. The molecule has 11 atom stereocenters. The zero-order chi connectivity index (χ0) is 23.7. The van der Waals surface area contributed by atoms with Crippen LogP contribution in [0.1, 0.15) is 85.5 Å². The fourth-order valence-electron chi connectivity index (χ4n) is 11.7. The molecular weight excluding hydrogens is 442 g/mol. The van der Waals surface area contributed by atoms with Crippen LogP contribution in [-0.2, 0) is 9.53 Å². The number of likely N-dealkylation sites (tertiary alicyclic amines) is 1. The van der Waals surface area contributed by atoms with E-state index in [1.807, 2.05) is 0 Å². The SMILES string of the molecule is C[C@H]1C[C@H]2O[C@]3(CC[C@H]4[C@@H]5CCC6=CC(=O)CC[C@]6(C)[C@H]5CC45CC53C)[C@H](C)[C@@H]2N(CCCl)C1. The minimum Gasteiger partial charge on any atom is -0.369 e. The number of halogens is 1. The van der Waals surface area contributed by atoms with Gasteiger partial charge in [-0.15, -0.1) is 11.6 Å². The lowest BCUT2D eigenvalue weighted by Crippen LogP contribution is -2.54. The molecular formula is C30H44ClNO2. The topological polar surface area (TPSA) is 29.5 Å². The van der Waals surface area contributed by atoms with E-state index in [4.69, 9.17) is 16.3 Å². The van der Waals surface area contributed by atoms with Crippen molar-refractivity contribution in [2.45, 2.75) is 103 Å².